The minimum absolute atomic E-state index is 0.118. The summed E-state index contributed by atoms with van der Waals surface area (Å²) >= 11 is 1.76. The number of likely N-dealkylation sites (tertiary alicyclic amines) is 1. The summed E-state index contributed by atoms with van der Waals surface area (Å²) in [5.41, 5.74) is 3.30. The van der Waals surface area contributed by atoms with Crippen LogP contribution in [0.4, 0.5) is 10.6 Å². The van der Waals surface area contributed by atoms with Gasteiger partial charge in [0, 0.05) is 55.5 Å². The quantitative estimate of drug-likeness (QED) is 0.234. The van der Waals surface area contributed by atoms with Gasteiger partial charge in [-0.15, -0.1) is 11.3 Å². The molecule has 2 saturated heterocycles. The zero-order valence-corrected chi connectivity index (χ0v) is 29.5. The molecule has 8 rings (SSSR count). The number of amides is 2. The van der Waals surface area contributed by atoms with Gasteiger partial charge in [-0.25, -0.2) is 14.8 Å². The van der Waals surface area contributed by atoms with E-state index in [0.29, 0.717) is 50.0 Å². The van der Waals surface area contributed by atoms with Crippen LogP contribution in [0.1, 0.15) is 92.4 Å². The molecule has 2 amide bonds. The summed E-state index contributed by atoms with van der Waals surface area (Å²) in [5.74, 6) is 2.98. The number of rotatable bonds is 9. The van der Waals surface area contributed by atoms with Crippen molar-refractivity contribution in [2.75, 3.05) is 44.9 Å². The third-order valence-corrected chi connectivity index (χ3v) is 12.6. The van der Waals surface area contributed by atoms with Crippen molar-refractivity contribution in [2.24, 2.45) is 17.3 Å². The van der Waals surface area contributed by atoms with Crippen LogP contribution in [0.2, 0.25) is 0 Å². The second kappa shape index (κ2) is 13.6. The maximum atomic E-state index is 14.4. The Labute approximate surface area is 292 Å². The molecule has 0 bridgehead atoms. The van der Waals surface area contributed by atoms with Crippen molar-refractivity contribution in [3.05, 3.63) is 53.1 Å². The van der Waals surface area contributed by atoms with Gasteiger partial charge in [-0.3, -0.25) is 14.7 Å². The Bertz CT molecular complexity index is 1660. The van der Waals surface area contributed by atoms with Crippen molar-refractivity contribution >= 4 is 29.2 Å². The largest absolute Gasteiger partial charge is 0.495 e. The summed E-state index contributed by atoms with van der Waals surface area (Å²) in [6.45, 7) is 5.59. The monoisotopic (exact) mass is 685 g/mol. The number of hydrogen-bond acceptors (Lipinski definition) is 9. The van der Waals surface area contributed by atoms with E-state index in [-0.39, 0.29) is 29.4 Å². The molecule has 2 aliphatic heterocycles. The van der Waals surface area contributed by atoms with Crippen LogP contribution in [-0.4, -0.2) is 77.9 Å². The number of anilines is 1. The number of methoxy groups -OCH3 is 1. The zero-order valence-electron chi connectivity index (χ0n) is 28.6. The van der Waals surface area contributed by atoms with Crippen molar-refractivity contribution < 1.29 is 23.8 Å². The maximum Gasteiger partial charge on any atom is 0.410 e. The first-order valence-corrected chi connectivity index (χ1v) is 19.0. The SMILES string of the molecule is COc1ccc(C2CCC(CN(C(=O)C3CCC(OC(=O)N4CC5(COC5)C4)CC3)c3cc(-c4cnc(C5CC5)s4)ccn3)CC2)nc1C. The van der Waals surface area contributed by atoms with Gasteiger partial charge in [-0.2, -0.15) is 0 Å². The average molecular weight is 686 g/mol. The van der Waals surface area contributed by atoms with Gasteiger partial charge in [-0.1, -0.05) is 0 Å². The van der Waals surface area contributed by atoms with Crippen LogP contribution < -0.4 is 9.64 Å². The molecule has 5 heterocycles. The Morgan fingerprint density at radius 2 is 1.73 bits per heavy atom. The lowest BCUT2D eigenvalue weighted by molar-refractivity contribution is -0.181. The summed E-state index contributed by atoms with van der Waals surface area (Å²) in [5, 5.41) is 1.21. The summed E-state index contributed by atoms with van der Waals surface area (Å²) in [7, 11) is 1.68. The number of carbonyl (C=O) groups excluding carboxylic acids is 2. The molecule has 3 saturated carbocycles. The molecule has 1 spiro atoms. The second-order valence-corrected chi connectivity index (χ2v) is 16.2. The van der Waals surface area contributed by atoms with E-state index in [9.17, 15) is 9.59 Å². The van der Waals surface area contributed by atoms with E-state index >= 15 is 0 Å². The number of nitrogens with zero attached hydrogens (tertiary/aromatic N) is 5. The molecule has 3 aromatic rings. The standard InChI is InChI=1S/C38H47N5O5S/c1-24-32(46-2)14-13-31(41-24)26-5-3-25(4-6-26)19-43(34-17-29(15-16-39-34)33-18-40-35(49-33)27-7-8-27)36(44)28-9-11-30(12-10-28)48-37(45)42-20-38(21-42)22-47-23-38/h13-18,25-28,30H,3-12,19-23H2,1-2H3. The van der Waals surface area contributed by atoms with Crippen molar-refractivity contribution in [1.82, 2.24) is 19.9 Å². The molecule has 5 aliphatic rings. The van der Waals surface area contributed by atoms with Gasteiger partial charge >= 0.3 is 6.09 Å². The van der Waals surface area contributed by atoms with Gasteiger partial charge in [-0.05, 0) is 107 Å². The third kappa shape index (κ3) is 6.93. The van der Waals surface area contributed by atoms with Crippen molar-refractivity contribution in [2.45, 2.75) is 89.1 Å². The van der Waals surface area contributed by atoms with Crippen LogP contribution in [0.25, 0.3) is 10.4 Å². The van der Waals surface area contributed by atoms with E-state index in [1.165, 1.54) is 17.8 Å². The number of thiazole rings is 1. The van der Waals surface area contributed by atoms with E-state index in [1.54, 1.807) is 23.3 Å². The number of pyridine rings is 2. The highest BCUT2D eigenvalue weighted by Gasteiger charge is 2.51. The van der Waals surface area contributed by atoms with E-state index in [0.717, 1.165) is 85.4 Å². The van der Waals surface area contributed by atoms with Gasteiger partial charge in [0.25, 0.3) is 0 Å². The Hall–Kier alpha value is -3.57. The number of aryl methyl sites for hydroxylation is 1. The fourth-order valence-electron chi connectivity index (χ4n) is 8.20. The molecule has 5 fully saturated rings. The first-order valence-electron chi connectivity index (χ1n) is 18.1. The molecule has 3 aliphatic carbocycles. The van der Waals surface area contributed by atoms with E-state index in [2.05, 4.69) is 12.1 Å². The first-order chi connectivity index (χ1) is 23.9. The normalized spacial score (nSPS) is 26.0. The minimum Gasteiger partial charge on any atom is -0.495 e. The molecule has 49 heavy (non-hydrogen) atoms. The van der Waals surface area contributed by atoms with Gasteiger partial charge in [0.2, 0.25) is 5.91 Å². The summed E-state index contributed by atoms with van der Waals surface area (Å²) in [4.78, 5) is 46.4. The van der Waals surface area contributed by atoms with E-state index < -0.39 is 0 Å². The third-order valence-electron chi connectivity index (χ3n) is 11.4. The summed E-state index contributed by atoms with van der Waals surface area (Å²) < 4.78 is 16.7. The molecule has 0 atom stereocenters. The number of carbonyl (C=O) groups is 2. The average Bonchev–Trinajstić information content (AvgIpc) is 3.82. The summed E-state index contributed by atoms with van der Waals surface area (Å²) in [6, 6.07) is 8.24. The molecule has 260 valence electrons. The predicted molar refractivity (Wildman–Crippen MR) is 187 cm³/mol. The highest BCUT2D eigenvalue weighted by atomic mass is 32.1. The minimum atomic E-state index is -0.224. The zero-order chi connectivity index (χ0) is 33.5. The van der Waals surface area contributed by atoms with Crippen LogP contribution in [0.5, 0.6) is 5.75 Å². The Kier molecular flexibility index (Phi) is 9.07. The highest BCUT2D eigenvalue weighted by molar-refractivity contribution is 7.15. The molecule has 0 unspecified atom stereocenters. The lowest BCUT2D eigenvalue weighted by atomic mass is 9.78. The Morgan fingerprint density at radius 1 is 0.980 bits per heavy atom. The van der Waals surface area contributed by atoms with Gasteiger partial charge in [0.15, 0.2) is 0 Å². The van der Waals surface area contributed by atoms with Crippen LogP contribution in [-0.2, 0) is 14.3 Å². The van der Waals surface area contributed by atoms with Crippen molar-refractivity contribution in [3.63, 3.8) is 0 Å². The fourth-order valence-corrected chi connectivity index (χ4v) is 9.28. The van der Waals surface area contributed by atoms with Crippen LogP contribution >= 0.6 is 11.3 Å². The van der Waals surface area contributed by atoms with Crippen LogP contribution in [0.3, 0.4) is 0 Å². The lowest BCUT2D eigenvalue weighted by Gasteiger charge is -2.54. The Balaban J connectivity index is 0.938. The predicted octanol–water partition coefficient (Wildman–Crippen LogP) is 7.13. The molecule has 3 aromatic heterocycles. The number of hydrogen-bond donors (Lipinski definition) is 0. The van der Waals surface area contributed by atoms with E-state index in [4.69, 9.17) is 29.2 Å². The van der Waals surface area contributed by atoms with E-state index in [1.807, 2.05) is 36.4 Å². The van der Waals surface area contributed by atoms with Crippen LogP contribution in [0.15, 0.2) is 36.7 Å². The molecular weight excluding hydrogens is 639 g/mol. The second-order valence-electron chi connectivity index (χ2n) is 15.1. The topological polar surface area (TPSA) is 107 Å². The van der Waals surface area contributed by atoms with Crippen molar-refractivity contribution in [1.29, 1.82) is 0 Å². The van der Waals surface area contributed by atoms with Gasteiger partial charge in [0.1, 0.15) is 17.7 Å². The van der Waals surface area contributed by atoms with Crippen LogP contribution in [0, 0.1) is 24.2 Å². The van der Waals surface area contributed by atoms with Gasteiger partial charge < -0.3 is 19.1 Å². The van der Waals surface area contributed by atoms with Crippen molar-refractivity contribution in [3.8, 4) is 16.2 Å². The molecule has 10 nitrogen and oxygen atoms in total. The smallest absolute Gasteiger partial charge is 0.410 e. The fraction of sp³-hybridized carbons (Fsp3) is 0.605. The highest BCUT2D eigenvalue weighted by Crippen LogP contribution is 2.44. The molecule has 11 heteroatoms. The molecule has 0 aromatic carbocycles. The molecule has 0 N–H and O–H groups in total. The number of aromatic nitrogens is 3. The van der Waals surface area contributed by atoms with Gasteiger partial charge in [0.05, 0.1) is 41.3 Å². The maximum absolute atomic E-state index is 14.4. The Morgan fingerprint density at radius 3 is 2.41 bits per heavy atom. The summed E-state index contributed by atoms with van der Waals surface area (Å²) in [6.07, 6.45) is 12.9. The lowest BCUT2D eigenvalue weighted by Crippen LogP contribution is -2.67. The molecule has 0 radical (unpaired) electrons. The first kappa shape index (κ1) is 32.6. The molecular formula is C38H47N5O5S. The number of ether oxygens (including phenoxy) is 3.